The number of aromatic nitrogens is 2. The van der Waals surface area contributed by atoms with Crippen LogP contribution in [-0.4, -0.2) is 91.0 Å². The van der Waals surface area contributed by atoms with Crippen LogP contribution in [0.1, 0.15) is 36.3 Å². The Balaban J connectivity index is 1.37. The average molecular weight is 579 g/mol. The first-order valence-electron chi connectivity index (χ1n) is 12.6. The Morgan fingerprint density at radius 3 is 2.46 bits per heavy atom. The van der Waals surface area contributed by atoms with Gasteiger partial charge in [0.1, 0.15) is 16.5 Å². The number of aliphatic hydroxyl groups excluding tert-OH is 2. The van der Waals surface area contributed by atoms with Gasteiger partial charge in [-0.25, -0.2) is 18.4 Å². The predicted octanol–water partition coefficient (Wildman–Crippen LogP) is 1.61. The number of nitrogens with zero attached hydrogens (tertiary/aromatic N) is 3. The van der Waals surface area contributed by atoms with Crippen molar-refractivity contribution < 1.29 is 37.6 Å². The molecule has 2 atom stereocenters. The number of ether oxygens (including phenoxy) is 3. The molecule has 4 heterocycles. The van der Waals surface area contributed by atoms with Crippen LogP contribution in [0.3, 0.4) is 0 Å². The Hall–Kier alpha value is -2.56. The van der Waals surface area contributed by atoms with Gasteiger partial charge in [-0.15, -0.1) is 0 Å². The van der Waals surface area contributed by atoms with Gasteiger partial charge in [0.2, 0.25) is 10.0 Å². The van der Waals surface area contributed by atoms with E-state index in [1.807, 2.05) is 0 Å². The Labute approximate surface area is 229 Å². The summed E-state index contributed by atoms with van der Waals surface area (Å²) in [5, 5.41) is 22.2. The molecule has 1 aromatic carbocycles. The molecular weight excluding hydrogens is 548 g/mol. The average Bonchev–Trinajstić information content (AvgIpc) is 3.38. The third-order valence-electron chi connectivity index (χ3n) is 6.55. The molecule has 0 aliphatic carbocycles. The van der Waals surface area contributed by atoms with E-state index in [1.54, 1.807) is 24.3 Å². The fourth-order valence-corrected chi connectivity index (χ4v) is 6.64. The van der Waals surface area contributed by atoms with Crippen LogP contribution in [0.4, 0.5) is 5.13 Å². The number of fused-ring (bicyclic) bond motifs is 1. The minimum Gasteiger partial charge on any atom is -0.393 e. The Kier molecular flexibility index (Phi) is 8.83. The number of hydrogen-bond donors (Lipinski definition) is 3. The zero-order valence-corrected chi connectivity index (χ0v) is 22.7. The summed E-state index contributed by atoms with van der Waals surface area (Å²) in [6, 6.07) is 9.40. The van der Waals surface area contributed by atoms with Gasteiger partial charge in [-0.1, -0.05) is 23.5 Å². The van der Waals surface area contributed by atoms with E-state index in [2.05, 4.69) is 15.3 Å². The fraction of sp³-hybridized carbons (Fsp3) is 0.480. The largest absolute Gasteiger partial charge is 0.393 e. The van der Waals surface area contributed by atoms with Crippen molar-refractivity contribution in [3.05, 3.63) is 47.7 Å². The molecular formula is C25H30N4O8S2. The van der Waals surface area contributed by atoms with Gasteiger partial charge in [-0.2, -0.15) is 4.31 Å². The second-order valence-electron chi connectivity index (χ2n) is 9.18. The van der Waals surface area contributed by atoms with E-state index in [1.165, 1.54) is 16.4 Å². The first kappa shape index (κ1) is 28.0. The number of thiazole rings is 1. The van der Waals surface area contributed by atoms with Crippen LogP contribution in [0, 0.1) is 0 Å². The van der Waals surface area contributed by atoms with Crippen molar-refractivity contribution in [3.63, 3.8) is 0 Å². The molecule has 1 amide bonds. The minimum atomic E-state index is -3.68. The monoisotopic (exact) mass is 578 g/mol. The van der Waals surface area contributed by atoms with Gasteiger partial charge in [0.25, 0.3) is 5.91 Å². The summed E-state index contributed by atoms with van der Waals surface area (Å²) < 4.78 is 44.4. The number of carbonyl (C=O) groups is 1. The third kappa shape index (κ3) is 6.44. The molecule has 0 radical (unpaired) electrons. The van der Waals surface area contributed by atoms with E-state index >= 15 is 0 Å². The smallest absolute Gasteiger partial charge is 0.259 e. The maximum absolute atomic E-state index is 13.5. The first-order valence-corrected chi connectivity index (χ1v) is 14.9. The van der Waals surface area contributed by atoms with E-state index in [9.17, 15) is 23.4 Å². The molecule has 14 heteroatoms. The SMILES string of the molecule is O=C(Nc1nc2ccc(C(O)CO)nc2s1)C(OC1CCOCC1)c1ccc(S(=O)(=O)N2CCOCC2)cc1. The maximum atomic E-state index is 13.5. The Bertz CT molecular complexity index is 1390. The van der Waals surface area contributed by atoms with Gasteiger partial charge >= 0.3 is 0 Å². The Morgan fingerprint density at radius 2 is 1.77 bits per heavy atom. The van der Waals surface area contributed by atoms with Crippen LogP contribution < -0.4 is 5.32 Å². The highest BCUT2D eigenvalue weighted by Crippen LogP contribution is 2.30. The lowest BCUT2D eigenvalue weighted by Crippen LogP contribution is -2.40. The quantitative estimate of drug-likeness (QED) is 0.340. The van der Waals surface area contributed by atoms with Gasteiger partial charge < -0.3 is 24.4 Å². The zero-order chi connectivity index (χ0) is 27.4. The highest BCUT2D eigenvalue weighted by molar-refractivity contribution is 7.89. The van der Waals surface area contributed by atoms with E-state index < -0.39 is 34.7 Å². The Morgan fingerprint density at radius 1 is 1.08 bits per heavy atom. The molecule has 39 heavy (non-hydrogen) atoms. The minimum absolute atomic E-state index is 0.136. The van der Waals surface area contributed by atoms with Crippen molar-refractivity contribution in [3.8, 4) is 0 Å². The van der Waals surface area contributed by atoms with Crippen molar-refractivity contribution in [2.24, 2.45) is 0 Å². The predicted molar refractivity (Wildman–Crippen MR) is 142 cm³/mol. The van der Waals surface area contributed by atoms with E-state index in [0.717, 1.165) is 11.3 Å². The second-order valence-corrected chi connectivity index (χ2v) is 12.1. The molecule has 2 fully saturated rings. The van der Waals surface area contributed by atoms with Crippen molar-refractivity contribution in [1.29, 1.82) is 0 Å². The highest BCUT2D eigenvalue weighted by atomic mass is 32.2. The molecule has 5 rings (SSSR count). The van der Waals surface area contributed by atoms with Crippen LogP contribution >= 0.6 is 11.3 Å². The van der Waals surface area contributed by atoms with E-state index in [4.69, 9.17) is 14.2 Å². The van der Waals surface area contributed by atoms with E-state index in [0.29, 0.717) is 79.1 Å². The van der Waals surface area contributed by atoms with Crippen LogP contribution in [-0.2, 0) is 29.0 Å². The maximum Gasteiger partial charge on any atom is 0.259 e. The first-order chi connectivity index (χ1) is 18.8. The highest BCUT2D eigenvalue weighted by Gasteiger charge is 2.30. The lowest BCUT2D eigenvalue weighted by Gasteiger charge is -2.28. The van der Waals surface area contributed by atoms with Crippen molar-refractivity contribution in [2.75, 3.05) is 51.4 Å². The zero-order valence-electron chi connectivity index (χ0n) is 21.1. The van der Waals surface area contributed by atoms with Crippen molar-refractivity contribution in [1.82, 2.24) is 14.3 Å². The summed E-state index contributed by atoms with van der Waals surface area (Å²) in [4.78, 5) is 22.8. The van der Waals surface area contributed by atoms with Crippen LogP contribution in [0.15, 0.2) is 41.3 Å². The molecule has 12 nitrogen and oxygen atoms in total. The normalized spacial score (nSPS) is 19.1. The number of carbonyl (C=O) groups excluding carboxylic acids is 1. The molecule has 2 aliphatic rings. The number of benzene rings is 1. The topological polar surface area (TPSA) is 160 Å². The van der Waals surface area contributed by atoms with Crippen LogP contribution in [0.25, 0.3) is 10.3 Å². The van der Waals surface area contributed by atoms with Gasteiger partial charge in [-0.05, 0) is 42.7 Å². The second kappa shape index (κ2) is 12.3. The molecule has 2 unspecified atom stereocenters. The van der Waals surface area contributed by atoms with Gasteiger partial charge in [0.15, 0.2) is 11.2 Å². The van der Waals surface area contributed by atoms with Crippen molar-refractivity contribution in [2.45, 2.75) is 36.0 Å². The summed E-state index contributed by atoms with van der Waals surface area (Å²) in [7, 11) is -3.68. The summed E-state index contributed by atoms with van der Waals surface area (Å²) in [6.07, 6.45) is -1.06. The molecule has 210 valence electrons. The summed E-state index contributed by atoms with van der Waals surface area (Å²) >= 11 is 1.13. The van der Waals surface area contributed by atoms with Gasteiger partial charge in [0, 0.05) is 26.3 Å². The third-order valence-corrected chi connectivity index (χ3v) is 9.34. The number of nitrogens with one attached hydrogen (secondary N) is 1. The van der Waals surface area contributed by atoms with Gasteiger partial charge in [-0.3, -0.25) is 10.1 Å². The number of pyridine rings is 1. The molecule has 3 N–H and O–H groups in total. The molecule has 2 aliphatic heterocycles. The lowest BCUT2D eigenvalue weighted by atomic mass is 10.1. The summed E-state index contributed by atoms with van der Waals surface area (Å²) in [5.41, 5.74) is 1.34. The number of aliphatic hydroxyl groups is 2. The van der Waals surface area contributed by atoms with Crippen molar-refractivity contribution >= 4 is 42.7 Å². The number of rotatable bonds is 9. The number of amides is 1. The molecule has 2 saturated heterocycles. The van der Waals surface area contributed by atoms with Crippen LogP contribution in [0.5, 0.6) is 0 Å². The van der Waals surface area contributed by atoms with Gasteiger partial charge in [0.05, 0.1) is 36.5 Å². The number of morpholine rings is 1. The molecule has 0 saturated carbocycles. The number of sulfonamides is 1. The summed E-state index contributed by atoms with van der Waals surface area (Å²) in [6.45, 7) is 1.88. The molecule has 3 aromatic rings. The standard InChI is InChI=1S/C25H30N4O8S2/c30-15-21(31)19-5-6-20-24(26-19)38-25(27-20)28-23(32)22(37-17-7-11-35-12-8-17)16-1-3-18(4-2-16)39(33,34)29-9-13-36-14-10-29/h1-6,17,21-22,30-31H,7-15H2,(H,27,28,32). The number of hydrogen-bond acceptors (Lipinski definition) is 11. The van der Waals surface area contributed by atoms with Crippen LogP contribution in [0.2, 0.25) is 0 Å². The molecule has 2 aromatic heterocycles. The molecule has 0 bridgehead atoms. The fourth-order valence-electron chi connectivity index (χ4n) is 4.38. The number of anilines is 1. The lowest BCUT2D eigenvalue weighted by molar-refractivity contribution is -0.136. The molecule has 0 spiro atoms. The van der Waals surface area contributed by atoms with E-state index in [-0.39, 0.29) is 11.0 Å². The summed E-state index contributed by atoms with van der Waals surface area (Å²) in [5.74, 6) is -0.458.